The summed E-state index contributed by atoms with van der Waals surface area (Å²) in [5.74, 6) is -1.11. The van der Waals surface area contributed by atoms with Crippen LogP contribution in [-0.2, 0) is 6.54 Å². The van der Waals surface area contributed by atoms with Gasteiger partial charge in [-0.15, -0.1) is 0 Å². The maximum atomic E-state index is 13.5. The Morgan fingerprint density at radius 2 is 2.26 bits per heavy atom. The average Bonchev–Trinajstić information content (AvgIpc) is 2.87. The molecule has 1 N–H and O–H groups in total. The molecule has 6 heteroatoms. The highest BCUT2D eigenvalue weighted by Crippen LogP contribution is 2.18. The highest BCUT2D eigenvalue weighted by atomic mass is 35.5. The first-order valence-electron chi connectivity index (χ1n) is 5.88. The second-order valence-electron chi connectivity index (χ2n) is 3.98. The molecule has 1 aromatic carbocycles. The molecule has 0 atom stereocenters. The predicted octanol–water partition coefficient (Wildman–Crippen LogP) is 2.50. The van der Waals surface area contributed by atoms with Gasteiger partial charge in [0.15, 0.2) is 0 Å². The molecule has 0 aliphatic heterocycles. The van der Waals surface area contributed by atoms with Gasteiger partial charge in [-0.3, -0.25) is 9.48 Å². The second kappa shape index (κ2) is 6.33. The first kappa shape index (κ1) is 13.5. The van der Waals surface area contributed by atoms with Gasteiger partial charge in [0, 0.05) is 25.5 Å². The van der Waals surface area contributed by atoms with Crippen LogP contribution in [0, 0.1) is 5.82 Å². The van der Waals surface area contributed by atoms with E-state index in [2.05, 4.69) is 10.4 Å². The van der Waals surface area contributed by atoms with E-state index in [0.717, 1.165) is 0 Å². The lowest BCUT2D eigenvalue weighted by Crippen LogP contribution is -2.26. The topological polar surface area (TPSA) is 46.9 Å². The van der Waals surface area contributed by atoms with E-state index in [9.17, 15) is 9.18 Å². The van der Waals surface area contributed by atoms with Crippen molar-refractivity contribution in [2.24, 2.45) is 0 Å². The maximum Gasteiger partial charge on any atom is 0.255 e. The van der Waals surface area contributed by atoms with Gasteiger partial charge in [0.05, 0.1) is 10.6 Å². The Labute approximate surface area is 115 Å². The molecule has 0 spiro atoms. The van der Waals surface area contributed by atoms with Gasteiger partial charge in [0.25, 0.3) is 5.91 Å². The number of amides is 1. The molecule has 1 amide bonds. The summed E-state index contributed by atoms with van der Waals surface area (Å²) in [5, 5.41) is 6.80. The molecule has 100 valence electrons. The lowest BCUT2D eigenvalue weighted by atomic mass is 10.2. The van der Waals surface area contributed by atoms with Crippen LogP contribution in [0.1, 0.15) is 16.8 Å². The monoisotopic (exact) mass is 281 g/mol. The highest BCUT2D eigenvalue weighted by Gasteiger charge is 2.14. The third-order valence-corrected chi connectivity index (χ3v) is 2.91. The number of rotatable bonds is 5. The molecule has 1 heterocycles. The molecule has 0 aliphatic rings. The summed E-state index contributed by atoms with van der Waals surface area (Å²) in [7, 11) is 0. The number of hydrogen-bond acceptors (Lipinski definition) is 2. The zero-order valence-corrected chi connectivity index (χ0v) is 10.9. The van der Waals surface area contributed by atoms with Gasteiger partial charge in [-0.1, -0.05) is 17.7 Å². The molecule has 1 aromatic heterocycles. The van der Waals surface area contributed by atoms with Gasteiger partial charge in [0.2, 0.25) is 0 Å². The Kier molecular flexibility index (Phi) is 4.52. The minimum atomic E-state index is -0.614. The summed E-state index contributed by atoms with van der Waals surface area (Å²) in [4.78, 5) is 11.8. The molecule has 19 heavy (non-hydrogen) atoms. The van der Waals surface area contributed by atoms with Crippen molar-refractivity contribution < 1.29 is 9.18 Å². The summed E-state index contributed by atoms with van der Waals surface area (Å²) >= 11 is 5.80. The molecule has 0 fully saturated rings. The van der Waals surface area contributed by atoms with Crippen molar-refractivity contribution in [3.05, 3.63) is 53.1 Å². The lowest BCUT2D eigenvalue weighted by molar-refractivity contribution is 0.0948. The zero-order chi connectivity index (χ0) is 13.7. The average molecular weight is 282 g/mol. The quantitative estimate of drug-likeness (QED) is 0.856. The van der Waals surface area contributed by atoms with Crippen LogP contribution in [0.25, 0.3) is 0 Å². The van der Waals surface area contributed by atoms with E-state index in [-0.39, 0.29) is 10.6 Å². The van der Waals surface area contributed by atoms with Gasteiger partial charge in [-0.2, -0.15) is 5.10 Å². The number of benzene rings is 1. The van der Waals surface area contributed by atoms with Crippen LogP contribution in [0.3, 0.4) is 0 Å². The number of carbonyl (C=O) groups excluding carboxylic acids is 1. The van der Waals surface area contributed by atoms with Crippen LogP contribution in [0.15, 0.2) is 36.7 Å². The molecule has 0 radical (unpaired) electrons. The summed E-state index contributed by atoms with van der Waals surface area (Å²) in [6, 6.07) is 6.00. The zero-order valence-electron chi connectivity index (χ0n) is 10.1. The summed E-state index contributed by atoms with van der Waals surface area (Å²) in [6.07, 6.45) is 4.24. The molecule has 0 bridgehead atoms. The van der Waals surface area contributed by atoms with Crippen LogP contribution < -0.4 is 5.32 Å². The third kappa shape index (κ3) is 3.54. The summed E-state index contributed by atoms with van der Waals surface area (Å²) in [6.45, 7) is 1.13. The molecular weight excluding hydrogens is 269 g/mol. The molecule has 2 aromatic rings. The SMILES string of the molecule is O=C(NCCCn1cccn1)c1c(F)cccc1Cl. The molecule has 2 rings (SSSR count). The van der Waals surface area contributed by atoms with Gasteiger partial charge < -0.3 is 5.32 Å². The number of carbonyl (C=O) groups is 1. The van der Waals surface area contributed by atoms with Crippen molar-refractivity contribution in [3.63, 3.8) is 0 Å². The fourth-order valence-electron chi connectivity index (χ4n) is 1.68. The normalized spacial score (nSPS) is 10.4. The predicted molar refractivity (Wildman–Crippen MR) is 70.6 cm³/mol. The first-order chi connectivity index (χ1) is 9.18. The molecule has 4 nitrogen and oxygen atoms in total. The van der Waals surface area contributed by atoms with Crippen LogP contribution in [-0.4, -0.2) is 22.2 Å². The highest BCUT2D eigenvalue weighted by molar-refractivity contribution is 6.33. The van der Waals surface area contributed by atoms with Gasteiger partial charge in [-0.25, -0.2) is 4.39 Å². The van der Waals surface area contributed by atoms with Crippen molar-refractivity contribution in [2.75, 3.05) is 6.54 Å². The van der Waals surface area contributed by atoms with Crippen molar-refractivity contribution in [2.45, 2.75) is 13.0 Å². The number of halogens is 2. The van der Waals surface area contributed by atoms with Crippen molar-refractivity contribution in [3.8, 4) is 0 Å². The van der Waals surface area contributed by atoms with Crippen LogP contribution in [0.2, 0.25) is 5.02 Å². The number of nitrogens with one attached hydrogen (secondary N) is 1. The molecule has 0 saturated heterocycles. The number of aryl methyl sites for hydroxylation is 1. The van der Waals surface area contributed by atoms with Crippen LogP contribution >= 0.6 is 11.6 Å². The number of nitrogens with zero attached hydrogens (tertiary/aromatic N) is 2. The van der Waals surface area contributed by atoms with E-state index in [0.29, 0.717) is 19.5 Å². The maximum absolute atomic E-state index is 13.5. The van der Waals surface area contributed by atoms with Gasteiger partial charge in [0.1, 0.15) is 5.82 Å². The van der Waals surface area contributed by atoms with E-state index in [1.165, 1.54) is 18.2 Å². The smallest absolute Gasteiger partial charge is 0.255 e. The molecule has 0 saturated carbocycles. The Balaban J connectivity index is 1.84. The molecular formula is C13H13ClFN3O. The fourth-order valence-corrected chi connectivity index (χ4v) is 1.93. The number of hydrogen-bond donors (Lipinski definition) is 1. The third-order valence-electron chi connectivity index (χ3n) is 2.60. The lowest BCUT2D eigenvalue weighted by Gasteiger charge is -2.07. The van der Waals surface area contributed by atoms with Gasteiger partial charge in [-0.05, 0) is 24.6 Å². The van der Waals surface area contributed by atoms with E-state index in [1.807, 2.05) is 12.3 Å². The molecule has 0 aliphatic carbocycles. The standard InChI is InChI=1S/C13H13ClFN3O/c14-10-4-1-5-11(15)12(10)13(19)16-6-2-8-18-9-3-7-17-18/h1,3-5,7,9H,2,6,8H2,(H,16,19). The van der Waals surface area contributed by atoms with Crippen molar-refractivity contribution >= 4 is 17.5 Å². The Bertz CT molecular complexity index is 537. The second-order valence-corrected chi connectivity index (χ2v) is 4.38. The fraction of sp³-hybridized carbons (Fsp3) is 0.231. The van der Waals surface area contributed by atoms with E-state index in [1.54, 1.807) is 10.9 Å². The molecule has 0 unspecified atom stereocenters. The minimum Gasteiger partial charge on any atom is -0.352 e. The number of aromatic nitrogens is 2. The van der Waals surface area contributed by atoms with Crippen LogP contribution in [0.5, 0.6) is 0 Å². The van der Waals surface area contributed by atoms with E-state index < -0.39 is 11.7 Å². The minimum absolute atomic E-state index is 0.108. The Hall–Kier alpha value is -1.88. The van der Waals surface area contributed by atoms with Gasteiger partial charge >= 0.3 is 0 Å². The van der Waals surface area contributed by atoms with E-state index in [4.69, 9.17) is 11.6 Å². The summed E-state index contributed by atoms with van der Waals surface area (Å²) < 4.78 is 15.2. The summed E-state index contributed by atoms with van der Waals surface area (Å²) in [5.41, 5.74) is -0.108. The Morgan fingerprint density at radius 1 is 1.42 bits per heavy atom. The Morgan fingerprint density at radius 3 is 2.95 bits per heavy atom. The first-order valence-corrected chi connectivity index (χ1v) is 6.26. The van der Waals surface area contributed by atoms with E-state index >= 15 is 0 Å². The van der Waals surface area contributed by atoms with Crippen molar-refractivity contribution in [1.82, 2.24) is 15.1 Å². The van der Waals surface area contributed by atoms with Crippen molar-refractivity contribution in [1.29, 1.82) is 0 Å². The van der Waals surface area contributed by atoms with Crippen LogP contribution in [0.4, 0.5) is 4.39 Å². The largest absolute Gasteiger partial charge is 0.352 e.